The molecule has 4 heteroatoms. The van der Waals surface area contributed by atoms with E-state index in [9.17, 15) is 0 Å². The van der Waals surface area contributed by atoms with Crippen LogP contribution in [0.4, 0.5) is 5.82 Å². The van der Waals surface area contributed by atoms with E-state index in [2.05, 4.69) is 52.7 Å². The first-order valence-electron chi connectivity index (χ1n) is 7.77. The summed E-state index contributed by atoms with van der Waals surface area (Å²) in [4.78, 5) is 12.0. The number of nitrogens with zero attached hydrogens (tertiary/aromatic N) is 3. The molecule has 0 amide bonds. The first kappa shape index (κ1) is 14.3. The van der Waals surface area contributed by atoms with Crippen LogP contribution in [0.15, 0.2) is 10.7 Å². The monoisotopic (exact) mass is 337 g/mol. The lowest BCUT2D eigenvalue weighted by Gasteiger charge is -2.39. The first-order valence-corrected chi connectivity index (χ1v) is 8.56. The average Bonchev–Trinajstić information content (AvgIpc) is 2.84. The molecule has 0 bridgehead atoms. The molecule has 0 radical (unpaired) electrons. The summed E-state index contributed by atoms with van der Waals surface area (Å²) in [5.74, 6) is 2.94. The van der Waals surface area contributed by atoms with E-state index in [0.29, 0.717) is 6.04 Å². The summed E-state index contributed by atoms with van der Waals surface area (Å²) >= 11 is 3.57. The Morgan fingerprint density at radius 1 is 1.15 bits per heavy atom. The highest BCUT2D eigenvalue weighted by molar-refractivity contribution is 9.10. The molecule has 3 rings (SSSR count). The molecule has 0 N–H and O–H groups in total. The molecule has 1 aromatic heterocycles. The van der Waals surface area contributed by atoms with Crippen LogP contribution < -0.4 is 4.90 Å². The van der Waals surface area contributed by atoms with Crippen LogP contribution in [-0.2, 0) is 5.41 Å². The van der Waals surface area contributed by atoms with Crippen molar-refractivity contribution in [2.24, 2.45) is 5.92 Å². The van der Waals surface area contributed by atoms with Crippen LogP contribution in [0.25, 0.3) is 0 Å². The molecule has 3 nitrogen and oxygen atoms in total. The van der Waals surface area contributed by atoms with Gasteiger partial charge in [-0.1, -0.05) is 27.2 Å². The Morgan fingerprint density at radius 2 is 1.90 bits per heavy atom. The molecule has 110 valence electrons. The smallest absolute Gasteiger partial charge is 0.137 e. The normalized spacial score (nSPS) is 26.7. The first-order chi connectivity index (χ1) is 9.45. The minimum absolute atomic E-state index is 0.0105. The second-order valence-electron chi connectivity index (χ2n) is 7.22. The Bertz CT molecular complexity index is 495. The number of hydrogen-bond donors (Lipinski definition) is 0. The van der Waals surface area contributed by atoms with E-state index in [1.165, 1.54) is 32.1 Å². The third-order valence-corrected chi connectivity index (χ3v) is 5.05. The van der Waals surface area contributed by atoms with Crippen molar-refractivity contribution in [1.29, 1.82) is 0 Å². The molecule has 0 spiro atoms. The van der Waals surface area contributed by atoms with E-state index in [0.717, 1.165) is 28.7 Å². The van der Waals surface area contributed by atoms with Crippen LogP contribution in [0.1, 0.15) is 58.7 Å². The summed E-state index contributed by atoms with van der Waals surface area (Å²) in [6.45, 7) is 7.67. The van der Waals surface area contributed by atoms with E-state index < -0.39 is 0 Å². The van der Waals surface area contributed by atoms with E-state index >= 15 is 0 Å². The standard InChI is InChI=1S/C16H24BrN3/c1-16(2,3)15-18-13(17)10-14(19-15)20-9-5-7-11-6-4-8-12(11)20/h10-12H,4-9H2,1-3H3. The van der Waals surface area contributed by atoms with Gasteiger partial charge in [0.15, 0.2) is 0 Å². The summed E-state index contributed by atoms with van der Waals surface area (Å²) in [6.07, 6.45) is 6.81. The van der Waals surface area contributed by atoms with Gasteiger partial charge in [0.1, 0.15) is 16.2 Å². The lowest BCUT2D eigenvalue weighted by atomic mass is 9.92. The third kappa shape index (κ3) is 2.72. The van der Waals surface area contributed by atoms with Crippen molar-refractivity contribution in [3.63, 3.8) is 0 Å². The van der Waals surface area contributed by atoms with E-state index in [4.69, 9.17) is 4.98 Å². The highest BCUT2D eigenvalue weighted by Crippen LogP contribution is 2.39. The molecule has 20 heavy (non-hydrogen) atoms. The summed E-state index contributed by atoms with van der Waals surface area (Å²) in [6, 6.07) is 2.80. The van der Waals surface area contributed by atoms with Gasteiger partial charge in [-0.15, -0.1) is 0 Å². The van der Waals surface area contributed by atoms with Gasteiger partial charge < -0.3 is 4.90 Å². The van der Waals surface area contributed by atoms with Crippen molar-refractivity contribution >= 4 is 21.7 Å². The van der Waals surface area contributed by atoms with Gasteiger partial charge in [0, 0.05) is 24.1 Å². The Kier molecular flexibility index (Phi) is 3.78. The topological polar surface area (TPSA) is 29.0 Å². The summed E-state index contributed by atoms with van der Waals surface area (Å²) in [5.41, 5.74) is -0.0105. The minimum atomic E-state index is -0.0105. The zero-order valence-corrected chi connectivity index (χ0v) is 14.3. The lowest BCUT2D eigenvalue weighted by Crippen LogP contribution is -2.43. The van der Waals surface area contributed by atoms with Gasteiger partial charge >= 0.3 is 0 Å². The second kappa shape index (κ2) is 5.28. The lowest BCUT2D eigenvalue weighted by molar-refractivity contribution is 0.359. The predicted octanol–water partition coefficient (Wildman–Crippen LogP) is 4.31. The number of hydrogen-bond acceptors (Lipinski definition) is 3. The summed E-state index contributed by atoms with van der Waals surface area (Å²) < 4.78 is 0.910. The fourth-order valence-electron chi connectivity index (χ4n) is 3.63. The van der Waals surface area contributed by atoms with Crippen LogP contribution >= 0.6 is 15.9 Å². The van der Waals surface area contributed by atoms with E-state index in [1.807, 2.05) is 0 Å². The molecule has 2 aliphatic rings. The number of fused-ring (bicyclic) bond motifs is 1. The van der Waals surface area contributed by atoms with Crippen molar-refractivity contribution in [2.75, 3.05) is 11.4 Å². The minimum Gasteiger partial charge on any atom is -0.353 e. The van der Waals surface area contributed by atoms with Crippen molar-refractivity contribution in [3.8, 4) is 0 Å². The third-order valence-electron chi connectivity index (χ3n) is 4.64. The molecule has 0 aromatic carbocycles. The van der Waals surface area contributed by atoms with Gasteiger partial charge in [-0.25, -0.2) is 9.97 Å². The zero-order chi connectivity index (χ0) is 14.3. The molecule has 2 heterocycles. The van der Waals surface area contributed by atoms with Crippen LogP contribution in [0.3, 0.4) is 0 Å². The van der Waals surface area contributed by atoms with Gasteiger partial charge in [0.25, 0.3) is 0 Å². The Hall–Kier alpha value is -0.640. The van der Waals surface area contributed by atoms with Gasteiger partial charge in [0.05, 0.1) is 0 Å². The van der Waals surface area contributed by atoms with Crippen molar-refractivity contribution < 1.29 is 0 Å². The number of aromatic nitrogens is 2. The SMILES string of the molecule is CC(C)(C)c1nc(Br)cc(N2CCCC3CCCC32)n1. The average molecular weight is 338 g/mol. The molecule has 1 saturated heterocycles. The van der Waals surface area contributed by atoms with Crippen molar-refractivity contribution in [3.05, 3.63) is 16.5 Å². The largest absolute Gasteiger partial charge is 0.353 e. The highest BCUT2D eigenvalue weighted by Gasteiger charge is 2.36. The maximum atomic E-state index is 4.87. The van der Waals surface area contributed by atoms with Gasteiger partial charge in [-0.3, -0.25) is 0 Å². The predicted molar refractivity (Wildman–Crippen MR) is 86.1 cm³/mol. The molecule has 2 unspecified atom stereocenters. The molecule has 1 aromatic rings. The molecule has 1 saturated carbocycles. The number of piperidine rings is 1. The summed E-state index contributed by atoms with van der Waals surface area (Å²) in [5, 5.41) is 0. The van der Waals surface area contributed by atoms with E-state index in [-0.39, 0.29) is 5.41 Å². The molecule has 1 aliphatic heterocycles. The zero-order valence-electron chi connectivity index (χ0n) is 12.7. The van der Waals surface area contributed by atoms with Gasteiger partial charge in [-0.2, -0.15) is 0 Å². The summed E-state index contributed by atoms with van der Waals surface area (Å²) in [7, 11) is 0. The molecule has 2 atom stereocenters. The number of rotatable bonds is 1. The Labute approximate surface area is 130 Å². The van der Waals surface area contributed by atoms with Crippen LogP contribution in [0, 0.1) is 5.92 Å². The quantitative estimate of drug-likeness (QED) is 0.715. The number of halogens is 1. The van der Waals surface area contributed by atoms with Crippen LogP contribution in [-0.4, -0.2) is 22.6 Å². The molecular weight excluding hydrogens is 314 g/mol. The van der Waals surface area contributed by atoms with Gasteiger partial charge in [-0.05, 0) is 47.5 Å². The number of anilines is 1. The van der Waals surface area contributed by atoms with Crippen LogP contribution in [0.2, 0.25) is 0 Å². The fourth-order valence-corrected chi connectivity index (χ4v) is 4.00. The van der Waals surface area contributed by atoms with Gasteiger partial charge in [0.2, 0.25) is 0 Å². The highest BCUT2D eigenvalue weighted by atomic mass is 79.9. The molecular formula is C16H24BrN3. The second-order valence-corrected chi connectivity index (χ2v) is 8.03. The van der Waals surface area contributed by atoms with Crippen molar-refractivity contribution in [2.45, 2.75) is 64.3 Å². The maximum Gasteiger partial charge on any atom is 0.137 e. The van der Waals surface area contributed by atoms with Crippen molar-refractivity contribution in [1.82, 2.24) is 9.97 Å². The Balaban J connectivity index is 1.95. The van der Waals surface area contributed by atoms with E-state index in [1.54, 1.807) is 0 Å². The molecule has 1 aliphatic carbocycles. The Morgan fingerprint density at radius 3 is 2.65 bits per heavy atom. The maximum absolute atomic E-state index is 4.87. The van der Waals surface area contributed by atoms with Crippen LogP contribution in [0.5, 0.6) is 0 Å². The molecule has 2 fully saturated rings. The fraction of sp³-hybridized carbons (Fsp3) is 0.750.